The minimum Gasteiger partial charge on any atom is -0.497 e. The molecule has 0 bridgehead atoms. The van der Waals surface area contributed by atoms with Crippen molar-refractivity contribution in [2.75, 3.05) is 12.9 Å². The van der Waals surface area contributed by atoms with Crippen LogP contribution in [0, 0.1) is 5.41 Å². The van der Waals surface area contributed by atoms with Gasteiger partial charge in [-0.15, -0.1) is 0 Å². The highest BCUT2D eigenvalue weighted by molar-refractivity contribution is 8.23. The van der Waals surface area contributed by atoms with Gasteiger partial charge in [0.15, 0.2) is 5.72 Å². The fraction of sp³-hybridized carbons (Fsp3) is 0.533. The molecule has 20 heavy (non-hydrogen) atoms. The lowest BCUT2D eigenvalue weighted by Crippen LogP contribution is -2.55. The lowest BCUT2D eigenvalue weighted by atomic mass is 9.83. The third-order valence-electron chi connectivity index (χ3n) is 3.76. The first kappa shape index (κ1) is 15.6. The number of thioether (sulfide) groups is 1. The van der Waals surface area contributed by atoms with Crippen LogP contribution in [0.5, 0.6) is 5.75 Å². The van der Waals surface area contributed by atoms with Gasteiger partial charge in [-0.2, -0.15) is 0 Å². The maximum Gasteiger partial charge on any atom is 0.153 e. The first-order chi connectivity index (χ1) is 9.28. The molecule has 1 aliphatic rings. The molecule has 1 N–H and O–H groups in total. The van der Waals surface area contributed by atoms with Crippen LogP contribution in [0.1, 0.15) is 26.3 Å². The summed E-state index contributed by atoms with van der Waals surface area (Å²) < 4.78 is 5.92. The number of hydrogen-bond donors (Lipinski definition) is 1. The number of ether oxygens (including phenoxy) is 1. The van der Waals surface area contributed by atoms with Crippen molar-refractivity contribution in [2.24, 2.45) is 5.41 Å². The van der Waals surface area contributed by atoms with Crippen LogP contribution in [0.2, 0.25) is 0 Å². The fourth-order valence-corrected chi connectivity index (χ4v) is 3.88. The van der Waals surface area contributed by atoms with Crippen LogP contribution in [-0.4, -0.2) is 32.9 Å². The van der Waals surface area contributed by atoms with Crippen LogP contribution in [0.3, 0.4) is 0 Å². The Morgan fingerprint density at radius 2 is 1.95 bits per heavy atom. The molecule has 1 aromatic rings. The van der Waals surface area contributed by atoms with E-state index >= 15 is 0 Å². The van der Waals surface area contributed by atoms with Gasteiger partial charge in [-0.05, 0) is 17.7 Å². The van der Waals surface area contributed by atoms with Gasteiger partial charge in [0.1, 0.15) is 10.1 Å². The van der Waals surface area contributed by atoms with Gasteiger partial charge in [-0.3, -0.25) is 0 Å². The maximum atomic E-state index is 11.0. The summed E-state index contributed by atoms with van der Waals surface area (Å²) in [5.41, 5.74) is -0.0554. The van der Waals surface area contributed by atoms with Crippen LogP contribution < -0.4 is 4.74 Å². The molecular formula is C15H21NO2S2. The molecule has 1 aromatic carbocycles. The Balaban J connectivity index is 2.23. The van der Waals surface area contributed by atoms with Gasteiger partial charge in [0.05, 0.1) is 7.11 Å². The zero-order valence-corrected chi connectivity index (χ0v) is 14.0. The van der Waals surface area contributed by atoms with Crippen LogP contribution >= 0.6 is 24.0 Å². The Morgan fingerprint density at radius 1 is 1.35 bits per heavy atom. The zero-order chi connectivity index (χ0) is 15.0. The Labute approximate surface area is 130 Å². The third kappa shape index (κ3) is 2.80. The van der Waals surface area contributed by atoms with Crippen LogP contribution in [0.15, 0.2) is 24.3 Å². The van der Waals surface area contributed by atoms with E-state index in [1.54, 1.807) is 18.9 Å². The highest BCUT2D eigenvalue weighted by atomic mass is 32.2. The van der Waals surface area contributed by atoms with Gasteiger partial charge in [-0.25, -0.2) is 0 Å². The molecule has 0 amide bonds. The summed E-state index contributed by atoms with van der Waals surface area (Å²) in [6, 6.07) is 7.87. The van der Waals surface area contributed by atoms with E-state index in [9.17, 15) is 5.11 Å². The minimum absolute atomic E-state index is 0.257. The van der Waals surface area contributed by atoms with Gasteiger partial charge in [0.2, 0.25) is 0 Å². The van der Waals surface area contributed by atoms with Crippen LogP contribution in [0.4, 0.5) is 0 Å². The number of nitrogens with zero attached hydrogens (tertiary/aromatic N) is 1. The van der Waals surface area contributed by atoms with Crippen molar-refractivity contribution in [1.29, 1.82) is 0 Å². The molecule has 1 aliphatic heterocycles. The van der Waals surface area contributed by atoms with E-state index in [1.807, 2.05) is 49.9 Å². The van der Waals surface area contributed by atoms with E-state index in [-0.39, 0.29) is 5.41 Å². The second-order valence-corrected chi connectivity index (χ2v) is 7.66. The predicted octanol–water partition coefficient (Wildman–Crippen LogP) is 3.26. The average molecular weight is 311 g/mol. The highest BCUT2D eigenvalue weighted by Gasteiger charge is 2.50. The van der Waals surface area contributed by atoms with Crippen molar-refractivity contribution in [3.05, 3.63) is 29.8 Å². The summed E-state index contributed by atoms with van der Waals surface area (Å²) >= 11 is 6.96. The summed E-state index contributed by atoms with van der Waals surface area (Å²) in [6.07, 6.45) is 0. The standard InChI is InChI=1S/C15H21NO2S2/c1-14(2,3)15(17)10-20-13(19)16(15)9-11-5-7-12(18-4)8-6-11/h5-8,17H,9-10H2,1-4H3. The number of methoxy groups -OCH3 is 1. The Hall–Kier alpha value is -0.780. The van der Waals surface area contributed by atoms with Gasteiger partial charge in [-0.1, -0.05) is 56.9 Å². The number of rotatable bonds is 3. The highest BCUT2D eigenvalue weighted by Crippen LogP contribution is 2.43. The van der Waals surface area contributed by atoms with Gasteiger partial charge in [0.25, 0.3) is 0 Å². The number of hydrogen-bond acceptors (Lipinski definition) is 4. The SMILES string of the molecule is COc1ccc(CN2C(=S)SCC2(O)C(C)(C)C)cc1. The van der Waals surface area contributed by atoms with E-state index in [2.05, 4.69) is 0 Å². The summed E-state index contributed by atoms with van der Waals surface area (Å²) in [6.45, 7) is 6.75. The van der Waals surface area contributed by atoms with Gasteiger partial charge in [0, 0.05) is 17.7 Å². The smallest absolute Gasteiger partial charge is 0.153 e. The monoisotopic (exact) mass is 311 g/mol. The summed E-state index contributed by atoms with van der Waals surface area (Å²) in [5, 5.41) is 11.0. The summed E-state index contributed by atoms with van der Waals surface area (Å²) in [5.74, 6) is 1.45. The van der Waals surface area contributed by atoms with Crippen molar-refractivity contribution in [3.8, 4) is 5.75 Å². The van der Waals surface area contributed by atoms with Gasteiger partial charge < -0.3 is 14.7 Å². The first-order valence-corrected chi connectivity index (χ1v) is 7.97. The Kier molecular flexibility index (Phi) is 4.33. The molecule has 1 atom stereocenters. The molecule has 0 aliphatic carbocycles. The molecule has 0 radical (unpaired) electrons. The topological polar surface area (TPSA) is 32.7 Å². The molecule has 1 unspecified atom stereocenters. The zero-order valence-electron chi connectivity index (χ0n) is 12.3. The number of thiocarbonyl (C=S) groups is 1. The van der Waals surface area contributed by atoms with E-state index in [1.165, 1.54) is 0 Å². The van der Waals surface area contributed by atoms with Crippen molar-refractivity contribution < 1.29 is 9.84 Å². The van der Waals surface area contributed by atoms with E-state index in [4.69, 9.17) is 17.0 Å². The quantitative estimate of drug-likeness (QED) is 0.866. The van der Waals surface area contributed by atoms with Crippen molar-refractivity contribution in [1.82, 2.24) is 4.90 Å². The van der Waals surface area contributed by atoms with E-state index < -0.39 is 5.72 Å². The Bertz CT molecular complexity index is 496. The first-order valence-electron chi connectivity index (χ1n) is 6.57. The van der Waals surface area contributed by atoms with Crippen LogP contribution in [0.25, 0.3) is 0 Å². The second kappa shape index (κ2) is 5.54. The van der Waals surface area contributed by atoms with Crippen molar-refractivity contribution >= 4 is 28.3 Å². The lowest BCUT2D eigenvalue weighted by Gasteiger charge is -2.43. The minimum atomic E-state index is -0.908. The van der Waals surface area contributed by atoms with Crippen LogP contribution in [-0.2, 0) is 6.54 Å². The molecule has 1 saturated heterocycles. The molecule has 5 heteroatoms. The van der Waals surface area contributed by atoms with Gasteiger partial charge >= 0.3 is 0 Å². The third-order valence-corrected chi connectivity index (χ3v) is 5.35. The Morgan fingerprint density at radius 3 is 2.45 bits per heavy atom. The van der Waals surface area contributed by atoms with Crippen molar-refractivity contribution in [3.63, 3.8) is 0 Å². The van der Waals surface area contributed by atoms with E-state index in [0.717, 1.165) is 15.6 Å². The fourth-order valence-electron chi connectivity index (χ4n) is 2.20. The molecule has 0 spiro atoms. The van der Waals surface area contributed by atoms with E-state index in [0.29, 0.717) is 12.3 Å². The maximum absolute atomic E-state index is 11.0. The molecular weight excluding hydrogens is 290 g/mol. The number of aliphatic hydroxyl groups is 1. The summed E-state index contributed by atoms with van der Waals surface area (Å²) in [4.78, 5) is 1.94. The van der Waals surface area contributed by atoms with Crippen molar-refractivity contribution in [2.45, 2.75) is 33.0 Å². The molecule has 0 aromatic heterocycles. The largest absolute Gasteiger partial charge is 0.497 e. The molecule has 3 nitrogen and oxygen atoms in total. The molecule has 0 saturated carbocycles. The molecule has 2 rings (SSSR count). The normalized spacial score (nSPS) is 23.2. The predicted molar refractivity (Wildman–Crippen MR) is 88.0 cm³/mol. The number of benzene rings is 1. The molecule has 110 valence electrons. The second-order valence-electron chi connectivity index (χ2n) is 6.06. The molecule has 1 heterocycles. The summed E-state index contributed by atoms with van der Waals surface area (Å²) in [7, 11) is 1.65. The average Bonchev–Trinajstić information content (AvgIpc) is 2.69. The lowest BCUT2D eigenvalue weighted by molar-refractivity contribution is -0.126. The molecule has 1 fully saturated rings.